The van der Waals surface area contributed by atoms with Gasteiger partial charge in [-0.1, -0.05) is 65.7 Å². The Hall–Kier alpha value is -1.08. The van der Waals surface area contributed by atoms with Crippen LogP contribution >= 0.6 is 15.9 Å². The highest BCUT2D eigenvalue weighted by Crippen LogP contribution is 2.26. The monoisotopic (exact) mass is 288 g/mol. The van der Waals surface area contributed by atoms with Crippen LogP contribution in [0.1, 0.15) is 25.3 Å². The molecule has 0 spiro atoms. The Kier molecular flexibility index (Phi) is 4.38. The fourth-order valence-electron chi connectivity index (χ4n) is 2.02. The van der Waals surface area contributed by atoms with Gasteiger partial charge in [-0.3, -0.25) is 0 Å². The molecule has 0 aromatic heterocycles. The van der Waals surface area contributed by atoms with Gasteiger partial charge in [-0.2, -0.15) is 0 Å². The zero-order valence-electron chi connectivity index (χ0n) is 10.1. The molecule has 1 heteroatoms. The van der Waals surface area contributed by atoms with Gasteiger partial charge in [0.05, 0.1) is 0 Å². The minimum Gasteiger partial charge on any atom is -0.0654 e. The first kappa shape index (κ1) is 12.4. The molecular weight excluding hydrogens is 272 g/mol. The van der Waals surface area contributed by atoms with E-state index < -0.39 is 0 Å². The van der Waals surface area contributed by atoms with E-state index in [0.29, 0.717) is 0 Å². The van der Waals surface area contributed by atoms with Gasteiger partial charge in [0, 0.05) is 4.47 Å². The molecule has 17 heavy (non-hydrogen) atoms. The molecule has 0 bridgehead atoms. The highest BCUT2D eigenvalue weighted by molar-refractivity contribution is 9.10. The first-order chi connectivity index (χ1) is 8.31. The van der Waals surface area contributed by atoms with Gasteiger partial charge in [-0.15, -0.1) is 0 Å². The molecule has 0 nitrogen and oxygen atoms in total. The van der Waals surface area contributed by atoms with Crippen LogP contribution in [0.4, 0.5) is 0 Å². The summed E-state index contributed by atoms with van der Waals surface area (Å²) in [6, 6.07) is 17.3. The van der Waals surface area contributed by atoms with Crippen molar-refractivity contribution in [3.8, 4) is 11.1 Å². The molecule has 0 aliphatic heterocycles. The van der Waals surface area contributed by atoms with Crippen LogP contribution < -0.4 is 0 Å². The van der Waals surface area contributed by atoms with E-state index in [1.54, 1.807) is 0 Å². The van der Waals surface area contributed by atoms with Gasteiger partial charge in [0.25, 0.3) is 0 Å². The molecule has 0 aliphatic rings. The molecule has 0 unspecified atom stereocenters. The van der Waals surface area contributed by atoms with Crippen LogP contribution in [0.5, 0.6) is 0 Å². The number of hydrogen-bond donors (Lipinski definition) is 0. The number of halogens is 1. The largest absolute Gasteiger partial charge is 0.0654 e. The van der Waals surface area contributed by atoms with E-state index in [1.165, 1.54) is 36.0 Å². The number of aryl methyl sites for hydroxylation is 1. The Bertz CT molecular complexity index is 471. The minimum absolute atomic E-state index is 1.13. The van der Waals surface area contributed by atoms with E-state index in [1.807, 2.05) is 0 Å². The smallest absolute Gasteiger partial charge is 0.0175 e. The summed E-state index contributed by atoms with van der Waals surface area (Å²) in [5.74, 6) is 0. The van der Waals surface area contributed by atoms with Crippen LogP contribution in [0.2, 0.25) is 0 Å². The molecule has 0 heterocycles. The molecular formula is C16H17Br. The number of hydrogen-bond acceptors (Lipinski definition) is 0. The summed E-state index contributed by atoms with van der Waals surface area (Å²) in [7, 11) is 0. The van der Waals surface area contributed by atoms with Crippen molar-refractivity contribution in [3.05, 3.63) is 58.6 Å². The topological polar surface area (TPSA) is 0 Å². The second-order valence-electron chi connectivity index (χ2n) is 4.27. The summed E-state index contributed by atoms with van der Waals surface area (Å²) >= 11 is 3.48. The van der Waals surface area contributed by atoms with Gasteiger partial charge in [0.1, 0.15) is 0 Å². The molecule has 0 fully saturated rings. The first-order valence-electron chi connectivity index (χ1n) is 6.15. The van der Waals surface area contributed by atoms with Crippen LogP contribution in [0.15, 0.2) is 53.0 Å². The standard InChI is InChI=1S/C16H17Br/c1-2-3-6-13-7-4-5-8-16(13)14-9-11-15(17)12-10-14/h4-5,7-12H,2-3,6H2,1H3. The zero-order chi connectivity index (χ0) is 12.1. The third kappa shape index (κ3) is 3.19. The molecule has 0 N–H and O–H groups in total. The maximum Gasteiger partial charge on any atom is 0.0175 e. The molecule has 88 valence electrons. The normalized spacial score (nSPS) is 10.5. The Labute approximate surface area is 112 Å². The molecule has 2 aromatic rings. The Morgan fingerprint density at radius 2 is 1.65 bits per heavy atom. The van der Waals surface area contributed by atoms with E-state index in [-0.39, 0.29) is 0 Å². The zero-order valence-corrected chi connectivity index (χ0v) is 11.7. The Morgan fingerprint density at radius 3 is 2.35 bits per heavy atom. The summed E-state index contributed by atoms with van der Waals surface area (Å²) in [6.07, 6.45) is 3.67. The van der Waals surface area contributed by atoms with Crippen LogP contribution in [-0.2, 0) is 6.42 Å². The van der Waals surface area contributed by atoms with Crippen molar-refractivity contribution in [1.29, 1.82) is 0 Å². The summed E-state index contributed by atoms with van der Waals surface area (Å²) in [5, 5.41) is 0. The summed E-state index contributed by atoms with van der Waals surface area (Å²) in [5.41, 5.74) is 4.13. The highest BCUT2D eigenvalue weighted by atomic mass is 79.9. The van der Waals surface area contributed by atoms with Crippen molar-refractivity contribution in [3.63, 3.8) is 0 Å². The predicted molar refractivity (Wildman–Crippen MR) is 78.2 cm³/mol. The van der Waals surface area contributed by atoms with Gasteiger partial charge < -0.3 is 0 Å². The molecule has 2 aromatic carbocycles. The lowest BCUT2D eigenvalue weighted by Gasteiger charge is -2.09. The van der Waals surface area contributed by atoms with E-state index in [2.05, 4.69) is 71.4 Å². The fraction of sp³-hybridized carbons (Fsp3) is 0.250. The minimum atomic E-state index is 1.13. The van der Waals surface area contributed by atoms with Crippen molar-refractivity contribution >= 4 is 15.9 Å². The Balaban J connectivity index is 2.33. The molecule has 0 aliphatic carbocycles. The van der Waals surface area contributed by atoms with Gasteiger partial charge in [-0.05, 0) is 41.7 Å². The molecule has 0 saturated heterocycles. The lowest BCUT2D eigenvalue weighted by Crippen LogP contribution is -1.89. The second-order valence-corrected chi connectivity index (χ2v) is 5.18. The van der Waals surface area contributed by atoms with Crippen molar-refractivity contribution in [1.82, 2.24) is 0 Å². The maximum atomic E-state index is 3.48. The number of rotatable bonds is 4. The summed E-state index contributed by atoms with van der Waals surface area (Å²) in [6.45, 7) is 2.24. The van der Waals surface area contributed by atoms with Crippen molar-refractivity contribution in [2.45, 2.75) is 26.2 Å². The van der Waals surface area contributed by atoms with E-state index in [9.17, 15) is 0 Å². The molecule has 2 rings (SSSR count). The van der Waals surface area contributed by atoms with Gasteiger partial charge in [0.15, 0.2) is 0 Å². The third-order valence-corrected chi connectivity index (χ3v) is 3.50. The SMILES string of the molecule is CCCCc1ccccc1-c1ccc(Br)cc1. The first-order valence-corrected chi connectivity index (χ1v) is 6.94. The van der Waals surface area contributed by atoms with E-state index in [0.717, 1.165) is 4.47 Å². The van der Waals surface area contributed by atoms with E-state index >= 15 is 0 Å². The van der Waals surface area contributed by atoms with Crippen molar-refractivity contribution < 1.29 is 0 Å². The van der Waals surface area contributed by atoms with Gasteiger partial charge in [0.2, 0.25) is 0 Å². The quantitative estimate of drug-likeness (QED) is 0.701. The van der Waals surface area contributed by atoms with Crippen LogP contribution in [0.25, 0.3) is 11.1 Å². The fourth-order valence-corrected chi connectivity index (χ4v) is 2.28. The van der Waals surface area contributed by atoms with Crippen molar-refractivity contribution in [2.24, 2.45) is 0 Å². The predicted octanol–water partition coefficient (Wildman–Crippen LogP) is 5.46. The van der Waals surface area contributed by atoms with Gasteiger partial charge >= 0.3 is 0 Å². The lowest BCUT2D eigenvalue weighted by molar-refractivity contribution is 0.796. The number of unbranched alkanes of at least 4 members (excludes halogenated alkanes) is 1. The second kappa shape index (κ2) is 6.02. The van der Waals surface area contributed by atoms with Crippen LogP contribution in [-0.4, -0.2) is 0 Å². The lowest BCUT2D eigenvalue weighted by atomic mass is 9.96. The highest BCUT2D eigenvalue weighted by Gasteiger charge is 2.03. The van der Waals surface area contributed by atoms with E-state index in [4.69, 9.17) is 0 Å². The van der Waals surface area contributed by atoms with Crippen LogP contribution in [0, 0.1) is 0 Å². The maximum absolute atomic E-state index is 3.48. The number of benzene rings is 2. The molecule has 0 radical (unpaired) electrons. The molecule has 0 atom stereocenters. The van der Waals surface area contributed by atoms with Gasteiger partial charge in [-0.25, -0.2) is 0 Å². The third-order valence-electron chi connectivity index (χ3n) is 2.97. The van der Waals surface area contributed by atoms with Crippen molar-refractivity contribution in [2.75, 3.05) is 0 Å². The Morgan fingerprint density at radius 1 is 0.941 bits per heavy atom. The average molecular weight is 289 g/mol. The average Bonchev–Trinajstić information content (AvgIpc) is 2.38. The summed E-state index contributed by atoms with van der Waals surface area (Å²) in [4.78, 5) is 0. The van der Waals surface area contributed by atoms with Crippen LogP contribution in [0.3, 0.4) is 0 Å². The summed E-state index contributed by atoms with van der Waals surface area (Å²) < 4.78 is 1.13. The molecule has 0 amide bonds. The molecule has 0 saturated carbocycles.